The number of benzene rings is 2. The summed E-state index contributed by atoms with van der Waals surface area (Å²) >= 11 is 5.20. The van der Waals surface area contributed by atoms with Crippen molar-refractivity contribution in [3.05, 3.63) is 68.8 Å². The van der Waals surface area contributed by atoms with E-state index in [2.05, 4.69) is 34.2 Å². The first-order valence-corrected chi connectivity index (χ1v) is 15.4. The molecule has 0 atom stereocenters. The van der Waals surface area contributed by atoms with Crippen LogP contribution in [0.4, 0.5) is 5.13 Å². The monoisotopic (exact) mass is 639 g/mol. The predicted molar refractivity (Wildman–Crippen MR) is 164 cm³/mol. The zero-order valence-corrected chi connectivity index (χ0v) is 26.1. The van der Waals surface area contributed by atoms with Gasteiger partial charge in [-0.1, -0.05) is 25.1 Å². The molecule has 2 aromatic carbocycles. The van der Waals surface area contributed by atoms with Crippen molar-refractivity contribution in [1.29, 1.82) is 0 Å². The lowest BCUT2D eigenvalue weighted by molar-refractivity contribution is -0.144. The Morgan fingerprint density at radius 1 is 1.05 bits per heavy atom. The van der Waals surface area contributed by atoms with Gasteiger partial charge in [-0.25, -0.2) is 4.98 Å². The van der Waals surface area contributed by atoms with Crippen LogP contribution in [0, 0.1) is 0 Å². The van der Waals surface area contributed by atoms with E-state index in [-0.39, 0.29) is 12.6 Å². The molecule has 10 heteroatoms. The van der Waals surface area contributed by atoms with Gasteiger partial charge >= 0.3 is 5.97 Å². The molecule has 1 amide bonds. The molecule has 8 nitrogen and oxygen atoms in total. The number of carbonyl (C=O) groups is 2. The molecule has 1 saturated carbocycles. The summed E-state index contributed by atoms with van der Waals surface area (Å²) in [7, 11) is 3.36. The van der Waals surface area contributed by atoms with Crippen LogP contribution in [0.2, 0.25) is 0 Å². The molecule has 0 bridgehead atoms. The standard InChI is InChI=1S/C31H34BrN3O5S/c1-5-24-29(20-12-10-19(11-13-20)22-15-23(32)28(39-4)16-27(22)38-3)41-31(33-24)34-30(37)26-14-21-8-6-7-9-25(21)35(26)17-40-18(2)36/h6-9,14-16,19-20H,5,10-13,17H2,1-4H3,(H,33,34,37). The second kappa shape index (κ2) is 12.7. The van der Waals surface area contributed by atoms with Crippen LogP contribution in [-0.2, 0) is 22.7 Å². The molecule has 0 radical (unpaired) electrons. The van der Waals surface area contributed by atoms with Gasteiger partial charge in [-0.05, 0) is 83.6 Å². The minimum Gasteiger partial charge on any atom is -0.496 e. The molecule has 2 aromatic heterocycles. The van der Waals surface area contributed by atoms with Crippen LogP contribution in [0.15, 0.2) is 46.9 Å². The van der Waals surface area contributed by atoms with Gasteiger partial charge in [-0.2, -0.15) is 0 Å². The number of methoxy groups -OCH3 is 2. The Balaban J connectivity index is 1.32. The number of nitrogens with zero attached hydrogens (tertiary/aromatic N) is 2. The Bertz CT molecular complexity index is 1570. The first kappa shape index (κ1) is 29.1. The molecule has 1 N–H and O–H groups in total. The fourth-order valence-corrected chi connectivity index (χ4v) is 7.45. The van der Waals surface area contributed by atoms with Gasteiger partial charge in [0.15, 0.2) is 11.9 Å². The summed E-state index contributed by atoms with van der Waals surface area (Å²) in [5.41, 5.74) is 3.49. The highest BCUT2D eigenvalue weighted by atomic mass is 79.9. The zero-order valence-electron chi connectivity index (χ0n) is 23.7. The maximum Gasteiger partial charge on any atom is 0.304 e. The molecule has 1 fully saturated rings. The maximum atomic E-state index is 13.4. The molecule has 5 rings (SSSR count). The third kappa shape index (κ3) is 6.13. The number of halogens is 1. The molecule has 0 saturated heterocycles. The van der Waals surface area contributed by atoms with Gasteiger partial charge < -0.3 is 18.8 Å². The lowest BCUT2D eigenvalue weighted by Gasteiger charge is -2.29. The first-order valence-electron chi connectivity index (χ1n) is 13.8. The van der Waals surface area contributed by atoms with Gasteiger partial charge in [0.1, 0.15) is 17.2 Å². The van der Waals surface area contributed by atoms with Crippen LogP contribution in [0.1, 0.15) is 78.0 Å². The number of aryl methyl sites for hydroxylation is 1. The van der Waals surface area contributed by atoms with Gasteiger partial charge in [0, 0.05) is 23.3 Å². The van der Waals surface area contributed by atoms with E-state index in [4.69, 9.17) is 19.2 Å². The molecule has 1 aliphatic carbocycles. The first-order chi connectivity index (χ1) is 19.8. The molecule has 216 valence electrons. The molecular formula is C31H34BrN3O5S. The SMILES string of the molecule is CCc1nc(NC(=O)c2cc3ccccc3n2COC(C)=O)sc1C1CCC(c2cc(Br)c(OC)cc2OC)CC1. The van der Waals surface area contributed by atoms with Crippen molar-refractivity contribution in [3.63, 3.8) is 0 Å². The van der Waals surface area contributed by atoms with Crippen LogP contribution >= 0.6 is 27.3 Å². The molecule has 4 aromatic rings. The minimum absolute atomic E-state index is 0.0340. The number of ether oxygens (including phenoxy) is 3. The lowest BCUT2D eigenvalue weighted by Crippen LogP contribution is -2.18. The number of amides is 1. The summed E-state index contributed by atoms with van der Waals surface area (Å²) in [6.07, 6.45) is 4.96. The highest BCUT2D eigenvalue weighted by molar-refractivity contribution is 9.10. The van der Waals surface area contributed by atoms with E-state index in [1.165, 1.54) is 17.4 Å². The topological polar surface area (TPSA) is 91.7 Å². The van der Waals surface area contributed by atoms with E-state index < -0.39 is 5.97 Å². The zero-order chi connectivity index (χ0) is 29.1. The number of esters is 1. The lowest BCUT2D eigenvalue weighted by atomic mass is 9.77. The van der Waals surface area contributed by atoms with Crippen LogP contribution < -0.4 is 14.8 Å². The van der Waals surface area contributed by atoms with Crippen molar-refractivity contribution in [2.24, 2.45) is 0 Å². The summed E-state index contributed by atoms with van der Waals surface area (Å²) in [5, 5.41) is 4.51. The number of para-hydroxylation sites is 1. The van der Waals surface area contributed by atoms with E-state index in [1.54, 1.807) is 30.1 Å². The minimum atomic E-state index is -0.404. The number of fused-ring (bicyclic) bond motifs is 1. The van der Waals surface area contributed by atoms with Gasteiger partial charge in [-0.15, -0.1) is 11.3 Å². The fraction of sp³-hybridized carbons (Fsp3) is 0.387. The fourth-order valence-electron chi connectivity index (χ4n) is 5.71. The van der Waals surface area contributed by atoms with Crippen molar-refractivity contribution < 1.29 is 23.8 Å². The van der Waals surface area contributed by atoms with Gasteiger partial charge in [-0.3, -0.25) is 14.9 Å². The number of rotatable bonds is 9. The van der Waals surface area contributed by atoms with Crippen LogP contribution in [0.5, 0.6) is 11.5 Å². The molecule has 2 heterocycles. The van der Waals surface area contributed by atoms with E-state index in [1.807, 2.05) is 36.4 Å². The highest BCUT2D eigenvalue weighted by Gasteiger charge is 2.29. The van der Waals surface area contributed by atoms with Crippen molar-refractivity contribution >= 4 is 55.2 Å². The number of carbonyl (C=O) groups excluding carboxylic acids is 2. The Morgan fingerprint density at radius 2 is 1.76 bits per heavy atom. The van der Waals surface area contributed by atoms with Crippen LogP contribution in [0.3, 0.4) is 0 Å². The van der Waals surface area contributed by atoms with Crippen molar-refractivity contribution in [2.45, 2.75) is 64.5 Å². The molecule has 41 heavy (non-hydrogen) atoms. The van der Waals surface area contributed by atoms with E-state index in [9.17, 15) is 9.59 Å². The third-order valence-corrected chi connectivity index (χ3v) is 9.56. The van der Waals surface area contributed by atoms with Gasteiger partial charge in [0.2, 0.25) is 0 Å². The second-order valence-electron chi connectivity index (χ2n) is 10.2. The average Bonchev–Trinajstić information content (AvgIpc) is 3.57. The quantitative estimate of drug-likeness (QED) is 0.189. The average molecular weight is 641 g/mol. The Hall–Kier alpha value is -3.37. The highest BCUT2D eigenvalue weighted by Crippen LogP contribution is 2.47. The van der Waals surface area contributed by atoms with Crippen molar-refractivity contribution in [3.8, 4) is 11.5 Å². The number of aromatic nitrogens is 2. The third-order valence-electron chi connectivity index (χ3n) is 7.76. The van der Waals surface area contributed by atoms with Crippen molar-refractivity contribution in [1.82, 2.24) is 9.55 Å². The summed E-state index contributed by atoms with van der Waals surface area (Å²) in [6.45, 7) is 3.43. The largest absolute Gasteiger partial charge is 0.496 e. The molecule has 0 unspecified atom stereocenters. The second-order valence-corrected chi connectivity index (χ2v) is 12.1. The van der Waals surface area contributed by atoms with E-state index in [0.29, 0.717) is 22.7 Å². The molecule has 0 spiro atoms. The number of hydrogen-bond acceptors (Lipinski definition) is 7. The number of hydrogen-bond donors (Lipinski definition) is 1. The normalized spacial score (nSPS) is 16.9. The number of thiazole rings is 1. The Morgan fingerprint density at radius 3 is 2.44 bits per heavy atom. The number of anilines is 1. The van der Waals surface area contributed by atoms with Crippen molar-refractivity contribution in [2.75, 3.05) is 19.5 Å². The number of nitrogens with one attached hydrogen (secondary N) is 1. The smallest absolute Gasteiger partial charge is 0.304 e. The molecule has 0 aliphatic heterocycles. The molecular weight excluding hydrogens is 606 g/mol. The summed E-state index contributed by atoms with van der Waals surface area (Å²) in [5.74, 6) is 1.73. The Kier molecular flexibility index (Phi) is 8.99. The maximum absolute atomic E-state index is 13.4. The van der Waals surface area contributed by atoms with Gasteiger partial charge in [0.05, 0.1) is 29.9 Å². The summed E-state index contributed by atoms with van der Waals surface area (Å²) in [6, 6.07) is 13.5. The van der Waals surface area contributed by atoms with Crippen LogP contribution in [0.25, 0.3) is 10.9 Å². The van der Waals surface area contributed by atoms with E-state index >= 15 is 0 Å². The van der Waals surface area contributed by atoms with Gasteiger partial charge in [0.25, 0.3) is 5.91 Å². The Labute approximate surface area is 252 Å². The van der Waals surface area contributed by atoms with Crippen LogP contribution in [-0.4, -0.2) is 35.6 Å². The summed E-state index contributed by atoms with van der Waals surface area (Å²) in [4.78, 5) is 31.0. The predicted octanol–water partition coefficient (Wildman–Crippen LogP) is 7.65. The van der Waals surface area contributed by atoms with E-state index in [0.717, 1.165) is 64.7 Å². The summed E-state index contributed by atoms with van der Waals surface area (Å²) < 4.78 is 19.0. The molecule has 1 aliphatic rings.